The molecule has 0 aliphatic heterocycles. The summed E-state index contributed by atoms with van der Waals surface area (Å²) in [6, 6.07) is 1.76. The van der Waals surface area contributed by atoms with Crippen LogP contribution in [-0.2, 0) is 0 Å². The standard InChI is InChI=1S/C5H5ClN2.ClH/c1-4-2-5(6)8-7-3-4;/h2-3H,1H3;1H. The van der Waals surface area contributed by atoms with Crippen LogP contribution in [-0.4, -0.2) is 10.2 Å². The van der Waals surface area contributed by atoms with E-state index in [1.807, 2.05) is 6.92 Å². The molecule has 4 heteroatoms. The van der Waals surface area contributed by atoms with E-state index < -0.39 is 0 Å². The Balaban J connectivity index is 0.000000640. The van der Waals surface area contributed by atoms with Crippen LogP contribution in [0.25, 0.3) is 0 Å². The van der Waals surface area contributed by atoms with E-state index >= 15 is 0 Å². The van der Waals surface area contributed by atoms with Crippen LogP contribution >= 0.6 is 24.0 Å². The fourth-order valence-corrected chi connectivity index (χ4v) is 0.645. The molecule has 0 atom stereocenters. The highest BCUT2D eigenvalue weighted by Gasteiger charge is 1.85. The fourth-order valence-electron chi connectivity index (χ4n) is 0.429. The van der Waals surface area contributed by atoms with Crippen molar-refractivity contribution < 1.29 is 0 Å². The van der Waals surface area contributed by atoms with Gasteiger partial charge in [-0.2, -0.15) is 5.10 Å². The van der Waals surface area contributed by atoms with Gasteiger partial charge in [-0.3, -0.25) is 0 Å². The molecule has 0 saturated carbocycles. The van der Waals surface area contributed by atoms with Crippen LogP contribution in [0, 0.1) is 6.92 Å². The Morgan fingerprint density at radius 1 is 1.56 bits per heavy atom. The number of aryl methyl sites for hydroxylation is 1. The number of rotatable bonds is 0. The van der Waals surface area contributed by atoms with Crippen molar-refractivity contribution in [1.82, 2.24) is 10.2 Å². The summed E-state index contributed by atoms with van der Waals surface area (Å²) in [7, 11) is 0. The third-order valence-electron chi connectivity index (χ3n) is 0.761. The molecule has 0 unspecified atom stereocenters. The molecule has 1 heterocycles. The van der Waals surface area contributed by atoms with Crippen molar-refractivity contribution in [2.75, 3.05) is 0 Å². The molecular formula is C5H6Cl2N2. The zero-order valence-electron chi connectivity index (χ0n) is 4.84. The maximum atomic E-state index is 5.47. The van der Waals surface area contributed by atoms with Crippen molar-refractivity contribution in [2.45, 2.75) is 6.92 Å². The van der Waals surface area contributed by atoms with Crippen molar-refractivity contribution in [3.63, 3.8) is 0 Å². The normalized spacial score (nSPS) is 8.22. The SMILES string of the molecule is Cc1cnnc(Cl)c1.Cl. The molecule has 0 fully saturated rings. The maximum absolute atomic E-state index is 5.47. The third kappa shape index (κ3) is 2.63. The number of aromatic nitrogens is 2. The molecule has 1 aromatic heterocycles. The zero-order chi connectivity index (χ0) is 5.98. The molecule has 50 valence electrons. The summed E-state index contributed by atoms with van der Waals surface area (Å²) in [5.74, 6) is 0. The number of hydrogen-bond acceptors (Lipinski definition) is 2. The molecule has 0 aromatic carbocycles. The molecule has 9 heavy (non-hydrogen) atoms. The summed E-state index contributed by atoms with van der Waals surface area (Å²) in [6.07, 6.45) is 1.66. The van der Waals surface area contributed by atoms with Gasteiger partial charge in [-0.1, -0.05) is 11.6 Å². The van der Waals surface area contributed by atoms with E-state index in [-0.39, 0.29) is 12.4 Å². The Labute approximate surface area is 64.7 Å². The molecule has 1 rings (SSSR count). The number of halogens is 2. The Morgan fingerprint density at radius 2 is 2.22 bits per heavy atom. The van der Waals surface area contributed by atoms with E-state index in [2.05, 4.69) is 10.2 Å². The van der Waals surface area contributed by atoms with E-state index in [4.69, 9.17) is 11.6 Å². The molecular weight excluding hydrogens is 159 g/mol. The molecule has 0 radical (unpaired) electrons. The molecule has 0 aliphatic carbocycles. The molecule has 0 spiro atoms. The van der Waals surface area contributed by atoms with Crippen LogP contribution in [0.4, 0.5) is 0 Å². The minimum Gasteiger partial charge on any atom is -0.157 e. The van der Waals surface area contributed by atoms with Gasteiger partial charge in [0.05, 0.1) is 6.20 Å². The molecule has 1 aromatic rings. The molecule has 0 amide bonds. The van der Waals surface area contributed by atoms with E-state index in [0.717, 1.165) is 5.56 Å². The Bertz CT molecular complexity index is 173. The van der Waals surface area contributed by atoms with Crippen LogP contribution in [0.1, 0.15) is 5.56 Å². The Morgan fingerprint density at radius 3 is 2.56 bits per heavy atom. The molecule has 2 nitrogen and oxygen atoms in total. The zero-order valence-corrected chi connectivity index (χ0v) is 6.41. The summed E-state index contributed by atoms with van der Waals surface area (Å²) in [5, 5.41) is 7.61. The first-order valence-electron chi connectivity index (χ1n) is 2.24. The maximum Gasteiger partial charge on any atom is 0.151 e. The Kier molecular flexibility index (Phi) is 3.50. The van der Waals surface area contributed by atoms with E-state index in [9.17, 15) is 0 Å². The van der Waals surface area contributed by atoms with Gasteiger partial charge in [0.15, 0.2) is 5.15 Å². The largest absolute Gasteiger partial charge is 0.157 e. The van der Waals surface area contributed by atoms with Crippen LogP contribution in [0.3, 0.4) is 0 Å². The minimum absolute atomic E-state index is 0. The van der Waals surface area contributed by atoms with Crippen LogP contribution < -0.4 is 0 Å². The first-order valence-corrected chi connectivity index (χ1v) is 2.61. The first kappa shape index (κ1) is 8.66. The number of hydrogen-bond donors (Lipinski definition) is 0. The minimum atomic E-state index is 0. The van der Waals surface area contributed by atoms with Gasteiger partial charge in [-0.05, 0) is 18.6 Å². The summed E-state index contributed by atoms with van der Waals surface area (Å²) >= 11 is 5.47. The predicted octanol–water partition coefficient (Wildman–Crippen LogP) is 1.86. The monoisotopic (exact) mass is 164 g/mol. The fraction of sp³-hybridized carbons (Fsp3) is 0.200. The second kappa shape index (κ2) is 3.64. The van der Waals surface area contributed by atoms with Gasteiger partial charge in [0.1, 0.15) is 0 Å². The van der Waals surface area contributed by atoms with Crippen molar-refractivity contribution in [2.24, 2.45) is 0 Å². The van der Waals surface area contributed by atoms with Gasteiger partial charge in [0.25, 0.3) is 0 Å². The average molecular weight is 165 g/mol. The highest BCUT2D eigenvalue weighted by Crippen LogP contribution is 2.02. The predicted molar refractivity (Wildman–Crippen MR) is 39.0 cm³/mol. The smallest absolute Gasteiger partial charge is 0.151 e. The number of nitrogens with zero attached hydrogens (tertiary/aromatic N) is 2. The second-order valence-corrected chi connectivity index (χ2v) is 1.94. The summed E-state index contributed by atoms with van der Waals surface area (Å²) in [6.45, 7) is 1.92. The molecule has 0 aliphatic rings. The van der Waals surface area contributed by atoms with E-state index in [1.165, 1.54) is 0 Å². The van der Waals surface area contributed by atoms with Gasteiger partial charge in [-0.15, -0.1) is 17.5 Å². The van der Waals surface area contributed by atoms with Crippen LogP contribution in [0.5, 0.6) is 0 Å². The lowest BCUT2D eigenvalue weighted by Crippen LogP contribution is -1.80. The Hall–Kier alpha value is -0.340. The van der Waals surface area contributed by atoms with E-state index in [1.54, 1.807) is 12.3 Å². The topological polar surface area (TPSA) is 25.8 Å². The highest BCUT2D eigenvalue weighted by atomic mass is 35.5. The van der Waals surface area contributed by atoms with Gasteiger partial charge in [0, 0.05) is 0 Å². The van der Waals surface area contributed by atoms with E-state index in [0.29, 0.717) is 5.15 Å². The van der Waals surface area contributed by atoms with Gasteiger partial charge < -0.3 is 0 Å². The quantitative estimate of drug-likeness (QED) is 0.586. The van der Waals surface area contributed by atoms with Gasteiger partial charge >= 0.3 is 0 Å². The van der Waals surface area contributed by atoms with Crippen molar-refractivity contribution in [3.8, 4) is 0 Å². The average Bonchev–Trinajstić information content (AvgIpc) is 1.64. The molecule has 0 N–H and O–H groups in total. The lowest BCUT2D eigenvalue weighted by atomic mass is 10.4. The van der Waals surface area contributed by atoms with Crippen molar-refractivity contribution in [1.29, 1.82) is 0 Å². The molecule has 0 saturated heterocycles. The van der Waals surface area contributed by atoms with Crippen LogP contribution in [0.15, 0.2) is 12.3 Å². The lowest BCUT2D eigenvalue weighted by molar-refractivity contribution is 1.02. The lowest BCUT2D eigenvalue weighted by Gasteiger charge is -1.86. The third-order valence-corrected chi connectivity index (χ3v) is 0.946. The van der Waals surface area contributed by atoms with Gasteiger partial charge in [-0.25, -0.2) is 0 Å². The van der Waals surface area contributed by atoms with Crippen molar-refractivity contribution in [3.05, 3.63) is 23.0 Å². The molecule has 0 bridgehead atoms. The first-order chi connectivity index (χ1) is 3.79. The highest BCUT2D eigenvalue weighted by molar-refractivity contribution is 6.29. The summed E-state index contributed by atoms with van der Waals surface area (Å²) < 4.78 is 0. The summed E-state index contributed by atoms with van der Waals surface area (Å²) in [5.41, 5.74) is 1.03. The summed E-state index contributed by atoms with van der Waals surface area (Å²) in [4.78, 5) is 0. The second-order valence-electron chi connectivity index (χ2n) is 1.56. The van der Waals surface area contributed by atoms with Crippen molar-refractivity contribution >= 4 is 24.0 Å². The van der Waals surface area contributed by atoms with Crippen LogP contribution in [0.2, 0.25) is 5.15 Å². The van der Waals surface area contributed by atoms with Gasteiger partial charge in [0.2, 0.25) is 0 Å².